The molecular formula is C18H19NO2S. The summed E-state index contributed by atoms with van der Waals surface area (Å²) in [6, 6.07) is 5.71. The fourth-order valence-corrected chi connectivity index (χ4v) is 4.07. The van der Waals surface area contributed by atoms with Gasteiger partial charge in [-0.05, 0) is 53.6 Å². The van der Waals surface area contributed by atoms with E-state index in [1.165, 1.54) is 11.8 Å². The van der Waals surface area contributed by atoms with Crippen LogP contribution in [0.15, 0.2) is 23.1 Å². The van der Waals surface area contributed by atoms with Crippen LogP contribution in [-0.2, 0) is 12.8 Å². The lowest BCUT2D eigenvalue weighted by atomic mass is 9.73. The molecule has 114 valence electrons. The van der Waals surface area contributed by atoms with E-state index in [9.17, 15) is 10.4 Å². The number of rotatable bonds is 2. The zero-order valence-electron chi connectivity index (χ0n) is 13.1. The maximum absolute atomic E-state index is 10.8. The third kappa shape index (κ3) is 2.30. The van der Waals surface area contributed by atoms with Crippen molar-refractivity contribution in [2.45, 2.75) is 38.0 Å². The van der Waals surface area contributed by atoms with Gasteiger partial charge < -0.3 is 9.84 Å². The van der Waals surface area contributed by atoms with Gasteiger partial charge in [-0.2, -0.15) is 5.26 Å². The summed E-state index contributed by atoms with van der Waals surface area (Å²) in [6.07, 6.45) is 2.75. The van der Waals surface area contributed by atoms with Crippen molar-refractivity contribution in [3.05, 3.63) is 29.3 Å². The molecule has 2 aromatic carbocycles. The monoisotopic (exact) mass is 313 g/mol. The predicted molar refractivity (Wildman–Crippen MR) is 89.4 cm³/mol. The van der Waals surface area contributed by atoms with Gasteiger partial charge in [0.2, 0.25) is 0 Å². The number of fused-ring (bicyclic) bond motifs is 2. The lowest BCUT2D eigenvalue weighted by Crippen LogP contribution is -2.23. The second kappa shape index (κ2) is 5.40. The van der Waals surface area contributed by atoms with Crippen LogP contribution in [0.25, 0.3) is 10.8 Å². The summed E-state index contributed by atoms with van der Waals surface area (Å²) < 4.78 is 5.42. The van der Waals surface area contributed by atoms with Crippen molar-refractivity contribution >= 4 is 22.5 Å². The largest absolute Gasteiger partial charge is 0.507 e. The second-order valence-corrected chi connectivity index (χ2v) is 7.35. The lowest BCUT2D eigenvalue weighted by Gasteiger charge is -2.33. The zero-order valence-corrected chi connectivity index (χ0v) is 13.9. The van der Waals surface area contributed by atoms with Crippen molar-refractivity contribution in [1.82, 2.24) is 0 Å². The fourth-order valence-electron chi connectivity index (χ4n) is 3.38. The molecule has 1 aliphatic carbocycles. The van der Waals surface area contributed by atoms with Crippen LogP contribution in [0, 0.1) is 16.1 Å². The van der Waals surface area contributed by atoms with Crippen LogP contribution in [0.4, 0.5) is 0 Å². The maximum atomic E-state index is 10.8. The first-order chi connectivity index (χ1) is 10.5. The molecule has 0 bridgehead atoms. The topological polar surface area (TPSA) is 53.2 Å². The minimum Gasteiger partial charge on any atom is -0.507 e. The molecule has 0 heterocycles. The number of thioether (sulfide) groups is 1. The van der Waals surface area contributed by atoms with Gasteiger partial charge in [0.25, 0.3) is 0 Å². The molecule has 0 unspecified atom stereocenters. The average Bonchev–Trinajstić information content (AvgIpc) is 2.49. The van der Waals surface area contributed by atoms with E-state index in [4.69, 9.17) is 4.74 Å². The highest BCUT2D eigenvalue weighted by Crippen LogP contribution is 2.49. The highest BCUT2D eigenvalue weighted by Gasteiger charge is 2.31. The van der Waals surface area contributed by atoms with Gasteiger partial charge >= 0.3 is 0 Å². The number of benzene rings is 2. The molecule has 0 fully saturated rings. The highest BCUT2D eigenvalue weighted by atomic mass is 32.2. The molecule has 1 aliphatic rings. The summed E-state index contributed by atoms with van der Waals surface area (Å²) in [5, 5.41) is 23.9. The van der Waals surface area contributed by atoms with Crippen LogP contribution in [-0.4, -0.2) is 12.2 Å². The standard InChI is InChI=1S/C18H19NO2S/c1-18(2)8-7-11-13(9-18)17(22-10-19)12-5-4-6-14(21-3)15(12)16(11)20/h4-6,20H,7-9H2,1-3H3. The molecule has 1 N–H and O–H groups in total. The van der Waals surface area contributed by atoms with E-state index < -0.39 is 0 Å². The number of methoxy groups -OCH3 is 1. The van der Waals surface area contributed by atoms with Crippen LogP contribution < -0.4 is 4.74 Å². The van der Waals surface area contributed by atoms with E-state index in [1.807, 2.05) is 18.2 Å². The summed E-state index contributed by atoms with van der Waals surface area (Å²) in [6.45, 7) is 4.48. The van der Waals surface area contributed by atoms with E-state index in [0.717, 1.165) is 46.1 Å². The zero-order chi connectivity index (χ0) is 15.9. The molecule has 4 heteroatoms. The molecule has 2 aromatic rings. The number of nitriles is 1. The first-order valence-corrected chi connectivity index (χ1v) is 8.19. The lowest BCUT2D eigenvalue weighted by molar-refractivity contribution is 0.308. The Morgan fingerprint density at radius 2 is 2.09 bits per heavy atom. The molecular weight excluding hydrogens is 294 g/mol. The van der Waals surface area contributed by atoms with Crippen molar-refractivity contribution in [1.29, 1.82) is 5.26 Å². The van der Waals surface area contributed by atoms with Crippen molar-refractivity contribution in [2.24, 2.45) is 5.41 Å². The minimum atomic E-state index is 0.191. The highest BCUT2D eigenvalue weighted by molar-refractivity contribution is 8.04. The van der Waals surface area contributed by atoms with Crippen LogP contribution in [0.2, 0.25) is 0 Å². The second-order valence-electron chi connectivity index (χ2n) is 6.55. The summed E-state index contributed by atoms with van der Waals surface area (Å²) in [5.41, 5.74) is 2.30. The van der Waals surface area contributed by atoms with E-state index in [1.54, 1.807) is 7.11 Å². The quantitative estimate of drug-likeness (QED) is 0.648. The molecule has 0 saturated carbocycles. The SMILES string of the molecule is COc1cccc2c(SC#N)c3c(c(O)c12)CCC(C)(C)C3. The smallest absolute Gasteiger partial charge is 0.138 e. The third-order valence-electron chi connectivity index (χ3n) is 4.51. The van der Waals surface area contributed by atoms with E-state index >= 15 is 0 Å². The Kier molecular flexibility index (Phi) is 3.70. The van der Waals surface area contributed by atoms with Crippen LogP contribution >= 0.6 is 11.8 Å². The number of ether oxygens (including phenoxy) is 1. The Hall–Kier alpha value is -1.86. The van der Waals surface area contributed by atoms with Gasteiger partial charge in [0.05, 0.1) is 12.5 Å². The molecule has 0 spiro atoms. The number of hydrogen-bond donors (Lipinski definition) is 1. The fraction of sp³-hybridized carbons (Fsp3) is 0.389. The number of aromatic hydroxyl groups is 1. The average molecular weight is 313 g/mol. The summed E-state index contributed by atoms with van der Waals surface area (Å²) in [4.78, 5) is 0.969. The van der Waals surface area contributed by atoms with E-state index in [2.05, 4.69) is 19.2 Å². The van der Waals surface area contributed by atoms with Crippen LogP contribution in [0.5, 0.6) is 11.5 Å². The molecule has 0 atom stereocenters. The number of phenols is 1. The van der Waals surface area contributed by atoms with Gasteiger partial charge in [-0.3, -0.25) is 0 Å². The Bertz CT molecular complexity index is 790. The maximum Gasteiger partial charge on any atom is 0.138 e. The Morgan fingerprint density at radius 1 is 1.32 bits per heavy atom. The predicted octanol–water partition coefficient (Wildman–Crippen LogP) is 4.64. The number of nitrogens with zero attached hydrogens (tertiary/aromatic N) is 1. The molecule has 0 amide bonds. The molecule has 0 aromatic heterocycles. The van der Waals surface area contributed by atoms with Crippen molar-refractivity contribution < 1.29 is 9.84 Å². The Balaban J connectivity index is 2.40. The molecule has 0 aliphatic heterocycles. The Labute approximate surface area is 134 Å². The third-order valence-corrected chi connectivity index (χ3v) is 5.27. The van der Waals surface area contributed by atoms with Gasteiger partial charge in [0.15, 0.2) is 0 Å². The van der Waals surface area contributed by atoms with Gasteiger partial charge in [0.1, 0.15) is 16.9 Å². The van der Waals surface area contributed by atoms with Gasteiger partial charge in [-0.15, -0.1) is 0 Å². The molecule has 3 rings (SSSR count). The number of thiocyanates is 1. The van der Waals surface area contributed by atoms with Crippen molar-refractivity contribution in [3.63, 3.8) is 0 Å². The van der Waals surface area contributed by atoms with Gasteiger partial charge in [-0.1, -0.05) is 26.0 Å². The molecule has 0 radical (unpaired) electrons. The number of phenolic OH excluding ortho intramolecular Hbond substituents is 1. The van der Waals surface area contributed by atoms with Crippen LogP contribution in [0.1, 0.15) is 31.4 Å². The first-order valence-electron chi connectivity index (χ1n) is 7.38. The minimum absolute atomic E-state index is 0.191. The van der Waals surface area contributed by atoms with Gasteiger partial charge in [0, 0.05) is 10.3 Å². The molecule has 3 nitrogen and oxygen atoms in total. The summed E-state index contributed by atoms with van der Waals surface area (Å²) >= 11 is 1.19. The van der Waals surface area contributed by atoms with E-state index in [0.29, 0.717) is 11.5 Å². The summed E-state index contributed by atoms with van der Waals surface area (Å²) in [7, 11) is 1.61. The number of hydrogen-bond acceptors (Lipinski definition) is 4. The van der Waals surface area contributed by atoms with Crippen molar-refractivity contribution in [2.75, 3.05) is 7.11 Å². The Morgan fingerprint density at radius 3 is 2.77 bits per heavy atom. The molecule has 0 saturated heterocycles. The van der Waals surface area contributed by atoms with E-state index in [-0.39, 0.29) is 5.41 Å². The summed E-state index contributed by atoms with van der Waals surface area (Å²) in [5.74, 6) is 0.975. The normalized spacial score (nSPS) is 16.1. The molecule has 22 heavy (non-hydrogen) atoms. The first kappa shape index (κ1) is 15.1. The van der Waals surface area contributed by atoms with Crippen molar-refractivity contribution in [3.8, 4) is 16.9 Å². The van der Waals surface area contributed by atoms with Crippen LogP contribution in [0.3, 0.4) is 0 Å². The van der Waals surface area contributed by atoms with Gasteiger partial charge in [-0.25, -0.2) is 0 Å².